The maximum Gasteiger partial charge on any atom is 0.251 e. The van der Waals surface area contributed by atoms with Gasteiger partial charge in [-0.1, -0.05) is 0 Å². The van der Waals surface area contributed by atoms with Crippen LogP contribution in [0, 0.1) is 12.7 Å². The number of likely N-dealkylation sites (N-methyl/N-ethyl adjacent to an activating group) is 2. The lowest BCUT2D eigenvalue weighted by Gasteiger charge is -2.37. The average molecular weight is 279 g/mol. The van der Waals surface area contributed by atoms with Gasteiger partial charge in [0.15, 0.2) is 0 Å². The van der Waals surface area contributed by atoms with Gasteiger partial charge in [0.2, 0.25) is 0 Å². The normalized spacial score (nSPS) is 20.9. The Bertz CT molecular complexity index is 492. The Kier molecular flexibility index (Phi) is 4.73. The van der Waals surface area contributed by atoms with Crippen molar-refractivity contribution in [3.63, 3.8) is 0 Å². The van der Waals surface area contributed by atoms with Gasteiger partial charge in [0.25, 0.3) is 5.91 Å². The third-order valence-corrected chi connectivity index (χ3v) is 3.90. The minimum atomic E-state index is -0.282. The zero-order valence-electron chi connectivity index (χ0n) is 12.3. The lowest BCUT2D eigenvalue weighted by molar-refractivity contribution is 0.0881. The first kappa shape index (κ1) is 14.9. The van der Waals surface area contributed by atoms with Crippen LogP contribution in [0.4, 0.5) is 4.39 Å². The van der Waals surface area contributed by atoms with Crippen LogP contribution in [0.25, 0.3) is 0 Å². The van der Waals surface area contributed by atoms with Crippen molar-refractivity contribution in [3.8, 4) is 0 Å². The van der Waals surface area contributed by atoms with Gasteiger partial charge in [-0.2, -0.15) is 0 Å². The molecule has 1 aliphatic rings. The number of benzene rings is 1. The van der Waals surface area contributed by atoms with Crippen LogP contribution in [0.15, 0.2) is 18.2 Å². The van der Waals surface area contributed by atoms with E-state index in [0.29, 0.717) is 23.7 Å². The summed E-state index contributed by atoms with van der Waals surface area (Å²) in [6.07, 6.45) is 0. The minimum absolute atomic E-state index is 0.144. The summed E-state index contributed by atoms with van der Waals surface area (Å²) in [4.78, 5) is 16.6. The predicted molar refractivity (Wildman–Crippen MR) is 77.4 cm³/mol. The summed E-state index contributed by atoms with van der Waals surface area (Å²) in [5.74, 6) is -0.426. The van der Waals surface area contributed by atoms with E-state index < -0.39 is 0 Å². The van der Waals surface area contributed by atoms with E-state index in [9.17, 15) is 9.18 Å². The quantitative estimate of drug-likeness (QED) is 0.900. The minimum Gasteiger partial charge on any atom is -0.350 e. The molecule has 0 saturated carbocycles. The molecule has 0 radical (unpaired) electrons. The molecule has 20 heavy (non-hydrogen) atoms. The summed E-state index contributed by atoms with van der Waals surface area (Å²) in [5, 5.41) is 2.94. The third-order valence-electron chi connectivity index (χ3n) is 3.90. The third kappa shape index (κ3) is 3.55. The molecule has 4 nitrogen and oxygen atoms in total. The Labute approximate surface area is 119 Å². The molecule has 0 aliphatic carbocycles. The number of nitrogens with one attached hydrogen (secondary N) is 1. The molecule has 0 spiro atoms. The fraction of sp³-hybridized carbons (Fsp3) is 0.533. The molecule has 1 saturated heterocycles. The fourth-order valence-electron chi connectivity index (χ4n) is 2.42. The molecule has 5 heteroatoms. The molecule has 1 heterocycles. The van der Waals surface area contributed by atoms with Crippen molar-refractivity contribution in [2.24, 2.45) is 0 Å². The highest BCUT2D eigenvalue weighted by Gasteiger charge is 2.22. The van der Waals surface area contributed by atoms with Gasteiger partial charge in [-0.15, -0.1) is 0 Å². The zero-order valence-corrected chi connectivity index (χ0v) is 12.3. The van der Waals surface area contributed by atoms with Crippen molar-refractivity contribution in [1.82, 2.24) is 15.1 Å². The number of hydrogen-bond acceptors (Lipinski definition) is 3. The van der Waals surface area contributed by atoms with Crippen molar-refractivity contribution >= 4 is 5.91 Å². The second kappa shape index (κ2) is 6.33. The van der Waals surface area contributed by atoms with Crippen LogP contribution in [0.1, 0.15) is 15.9 Å². The highest BCUT2D eigenvalue weighted by atomic mass is 19.1. The van der Waals surface area contributed by atoms with E-state index in [1.54, 1.807) is 13.0 Å². The van der Waals surface area contributed by atoms with Gasteiger partial charge in [0, 0.05) is 37.8 Å². The van der Waals surface area contributed by atoms with E-state index in [1.807, 2.05) is 0 Å². The fourth-order valence-corrected chi connectivity index (χ4v) is 2.42. The topological polar surface area (TPSA) is 35.6 Å². The number of halogens is 1. The lowest BCUT2D eigenvalue weighted by atomic mass is 10.1. The number of carbonyl (C=O) groups is 1. The lowest BCUT2D eigenvalue weighted by Crippen LogP contribution is -2.54. The van der Waals surface area contributed by atoms with Crippen LogP contribution >= 0.6 is 0 Å². The molecule has 110 valence electrons. The van der Waals surface area contributed by atoms with Gasteiger partial charge < -0.3 is 10.2 Å². The van der Waals surface area contributed by atoms with Crippen LogP contribution in [-0.2, 0) is 0 Å². The maximum absolute atomic E-state index is 13.2. The van der Waals surface area contributed by atoms with Gasteiger partial charge in [0.1, 0.15) is 5.82 Å². The number of piperazine rings is 1. The molecular weight excluding hydrogens is 257 g/mol. The molecule has 1 aliphatic heterocycles. The van der Waals surface area contributed by atoms with Crippen LogP contribution in [0.5, 0.6) is 0 Å². The van der Waals surface area contributed by atoms with Crippen LogP contribution < -0.4 is 5.32 Å². The number of aryl methyl sites for hydroxylation is 1. The Morgan fingerprint density at radius 3 is 2.85 bits per heavy atom. The summed E-state index contributed by atoms with van der Waals surface area (Å²) < 4.78 is 13.2. The molecular formula is C15H22FN3O. The molecule has 1 fully saturated rings. The SMILES string of the molecule is Cc1cc(C(=O)NCC2CN(C)CCN2C)ccc1F. The van der Waals surface area contributed by atoms with E-state index in [4.69, 9.17) is 0 Å². The van der Waals surface area contributed by atoms with Crippen LogP contribution in [-0.4, -0.2) is 62.0 Å². The Hall–Kier alpha value is -1.46. The summed E-state index contributed by atoms with van der Waals surface area (Å²) >= 11 is 0. The molecule has 1 amide bonds. The second-order valence-corrected chi connectivity index (χ2v) is 5.57. The summed E-state index contributed by atoms with van der Waals surface area (Å²) in [5.41, 5.74) is 1.00. The van der Waals surface area contributed by atoms with Crippen LogP contribution in [0.2, 0.25) is 0 Å². The first-order valence-electron chi connectivity index (χ1n) is 6.90. The molecule has 1 atom stereocenters. The zero-order chi connectivity index (χ0) is 14.7. The number of rotatable bonds is 3. The second-order valence-electron chi connectivity index (χ2n) is 5.57. The molecule has 0 bridgehead atoms. The number of nitrogens with zero attached hydrogens (tertiary/aromatic N) is 2. The Morgan fingerprint density at radius 1 is 1.40 bits per heavy atom. The average Bonchev–Trinajstić information content (AvgIpc) is 2.42. The van der Waals surface area contributed by atoms with E-state index >= 15 is 0 Å². The highest BCUT2D eigenvalue weighted by Crippen LogP contribution is 2.10. The summed E-state index contributed by atoms with van der Waals surface area (Å²) in [7, 11) is 4.16. The standard InChI is InChI=1S/C15H22FN3O/c1-11-8-12(4-5-14(11)16)15(20)17-9-13-10-18(2)6-7-19(13)3/h4-5,8,13H,6-7,9-10H2,1-3H3,(H,17,20). The van der Waals surface area contributed by atoms with Crippen molar-refractivity contribution in [3.05, 3.63) is 35.1 Å². The van der Waals surface area contributed by atoms with E-state index in [0.717, 1.165) is 19.6 Å². The summed E-state index contributed by atoms with van der Waals surface area (Å²) in [6.45, 7) is 5.27. The molecule has 1 N–H and O–H groups in total. The van der Waals surface area contributed by atoms with Gasteiger partial charge in [-0.05, 0) is 44.8 Å². The van der Waals surface area contributed by atoms with Gasteiger partial charge >= 0.3 is 0 Å². The monoisotopic (exact) mass is 279 g/mol. The highest BCUT2D eigenvalue weighted by molar-refractivity contribution is 5.94. The number of carbonyl (C=O) groups excluding carboxylic acids is 1. The van der Waals surface area contributed by atoms with E-state index in [1.165, 1.54) is 12.1 Å². The maximum atomic E-state index is 13.2. The molecule has 2 rings (SSSR count). The van der Waals surface area contributed by atoms with Crippen molar-refractivity contribution in [2.75, 3.05) is 40.3 Å². The number of hydrogen-bond donors (Lipinski definition) is 1. The van der Waals surface area contributed by atoms with Crippen molar-refractivity contribution in [1.29, 1.82) is 0 Å². The van der Waals surface area contributed by atoms with Crippen LogP contribution in [0.3, 0.4) is 0 Å². The smallest absolute Gasteiger partial charge is 0.251 e. The van der Waals surface area contributed by atoms with Gasteiger partial charge in [0.05, 0.1) is 0 Å². The summed E-state index contributed by atoms with van der Waals surface area (Å²) in [6, 6.07) is 4.76. The van der Waals surface area contributed by atoms with Gasteiger partial charge in [-0.3, -0.25) is 9.69 Å². The van der Waals surface area contributed by atoms with Gasteiger partial charge in [-0.25, -0.2) is 4.39 Å². The first-order valence-corrected chi connectivity index (χ1v) is 6.90. The molecule has 1 aromatic rings. The van der Waals surface area contributed by atoms with E-state index in [2.05, 4.69) is 29.2 Å². The molecule has 0 aromatic heterocycles. The van der Waals surface area contributed by atoms with Crippen molar-refractivity contribution in [2.45, 2.75) is 13.0 Å². The number of amides is 1. The molecule has 1 aromatic carbocycles. The largest absolute Gasteiger partial charge is 0.350 e. The first-order chi connectivity index (χ1) is 9.47. The molecule has 1 unspecified atom stereocenters. The Morgan fingerprint density at radius 2 is 2.15 bits per heavy atom. The van der Waals surface area contributed by atoms with Crippen molar-refractivity contribution < 1.29 is 9.18 Å². The van der Waals surface area contributed by atoms with E-state index in [-0.39, 0.29) is 11.7 Å². The Balaban J connectivity index is 1.92. The predicted octanol–water partition coefficient (Wildman–Crippen LogP) is 1.11.